The van der Waals surface area contributed by atoms with Crippen molar-refractivity contribution in [3.05, 3.63) is 94.8 Å². The van der Waals surface area contributed by atoms with Crippen molar-refractivity contribution in [2.75, 3.05) is 24.2 Å². The Kier molecular flexibility index (Phi) is 9.35. The summed E-state index contributed by atoms with van der Waals surface area (Å²) in [5.41, 5.74) is 6.06. The first-order valence-corrected chi connectivity index (χ1v) is 15.8. The molecular formula is C30H32F5N5O3S. The fourth-order valence-corrected chi connectivity index (χ4v) is 7.65. The number of hydrogen-bond donors (Lipinski definition) is 3. The minimum absolute atomic E-state index is 0.0495. The van der Waals surface area contributed by atoms with Crippen molar-refractivity contribution in [1.29, 1.82) is 0 Å². The predicted molar refractivity (Wildman–Crippen MR) is 154 cm³/mol. The normalized spacial score (nSPS) is 22.9. The highest BCUT2D eigenvalue weighted by molar-refractivity contribution is 7.89. The molecule has 1 amide bonds. The lowest BCUT2D eigenvalue weighted by Crippen LogP contribution is -2.57. The lowest BCUT2D eigenvalue weighted by Gasteiger charge is -2.37. The molecule has 2 saturated heterocycles. The van der Waals surface area contributed by atoms with Gasteiger partial charge in [-0.15, -0.1) is 0 Å². The number of carbonyl (C=O) groups is 1. The lowest BCUT2D eigenvalue weighted by atomic mass is 9.87. The number of rotatable bonds is 8. The van der Waals surface area contributed by atoms with Crippen LogP contribution in [0.25, 0.3) is 0 Å². The second-order valence-electron chi connectivity index (χ2n) is 11.1. The molecule has 236 valence electrons. The number of hydrogen-bond acceptors (Lipinski definition) is 6. The highest BCUT2D eigenvalue weighted by atomic mass is 32.2. The van der Waals surface area contributed by atoms with Gasteiger partial charge in [-0.2, -0.15) is 17.5 Å². The topological polar surface area (TPSA) is 117 Å². The van der Waals surface area contributed by atoms with Crippen LogP contribution < -0.4 is 16.4 Å². The molecule has 1 aromatic heterocycles. The Morgan fingerprint density at radius 3 is 2.55 bits per heavy atom. The van der Waals surface area contributed by atoms with Crippen molar-refractivity contribution < 1.29 is 35.2 Å². The summed E-state index contributed by atoms with van der Waals surface area (Å²) < 4.78 is 95.4. The Hall–Kier alpha value is -3.46. The average molecular weight is 638 g/mol. The van der Waals surface area contributed by atoms with Gasteiger partial charge in [-0.3, -0.25) is 9.78 Å². The zero-order chi connectivity index (χ0) is 31.6. The van der Waals surface area contributed by atoms with Gasteiger partial charge in [0.25, 0.3) is 0 Å². The number of alkyl halides is 3. The highest BCUT2D eigenvalue weighted by Crippen LogP contribution is 2.32. The van der Waals surface area contributed by atoms with E-state index >= 15 is 4.39 Å². The molecule has 2 aliphatic heterocycles. The summed E-state index contributed by atoms with van der Waals surface area (Å²) in [5.74, 6) is -2.94. The third-order valence-electron chi connectivity index (χ3n) is 8.19. The molecule has 44 heavy (non-hydrogen) atoms. The first kappa shape index (κ1) is 31.9. The van der Waals surface area contributed by atoms with Gasteiger partial charge in [0.1, 0.15) is 11.6 Å². The summed E-state index contributed by atoms with van der Waals surface area (Å²) in [5, 5.41) is 6.01. The number of nitrogens with zero attached hydrogens (tertiary/aromatic N) is 2. The number of nitrogens with two attached hydrogens (primary N) is 1. The molecule has 5 rings (SSSR count). The molecule has 0 spiro atoms. The maximum Gasteiger partial charge on any atom is 0.417 e. The van der Waals surface area contributed by atoms with Crippen molar-refractivity contribution in [2.24, 2.45) is 5.73 Å². The molecule has 2 fully saturated rings. The minimum atomic E-state index is -4.63. The van der Waals surface area contributed by atoms with Crippen LogP contribution in [0.2, 0.25) is 0 Å². The fourth-order valence-electron chi connectivity index (χ4n) is 5.84. The van der Waals surface area contributed by atoms with Gasteiger partial charge in [0.15, 0.2) is 0 Å². The number of nitrogens with one attached hydrogen (secondary N) is 2. The van der Waals surface area contributed by atoms with Crippen LogP contribution in [0.3, 0.4) is 0 Å². The molecule has 0 radical (unpaired) electrons. The van der Waals surface area contributed by atoms with Crippen LogP contribution in [0.5, 0.6) is 0 Å². The van der Waals surface area contributed by atoms with Gasteiger partial charge in [-0.25, -0.2) is 17.2 Å². The van der Waals surface area contributed by atoms with Gasteiger partial charge in [0.05, 0.1) is 23.3 Å². The number of anilines is 1. The van der Waals surface area contributed by atoms with Crippen LogP contribution in [-0.2, 0) is 27.4 Å². The zero-order valence-electron chi connectivity index (χ0n) is 23.5. The van der Waals surface area contributed by atoms with E-state index in [-0.39, 0.29) is 35.2 Å². The monoisotopic (exact) mass is 637 g/mol. The van der Waals surface area contributed by atoms with Gasteiger partial charge in [0, 0.05) is 48.3 Å². The highest BCUT2D eigenvalue weighted by Gasteiger charge is 2.38. The third kappa shape index (κ3) is 7.09. The van der Waals surface area contributed by atoms with Crippen LogP contribution in [-0.4, -0.2) is 60.6 Å². The Balaban J connectivity index is 1.37. The number of fused-ring (bicyclic) bond motifs is 2. The Labute approximate surface area is 251 Å². The standard InChI is InChI=1S/C30H32F5N5O3S/c31-20-9-6-18(7-10-20)27(26-13-8-19(15-38-26)30(33,34)35)28(36)29(41)39-25-5-1-4-24(32)23(25)12-11-22-16-37-21-3-2-14-44(42,43)40(22)17-21/h1,4-10,13,15,21-22,27-28,37H,2-3,11-12,14,16-17,36H2,(H,39,41)/t21-,22+,27?,28?/m1/s1. The van der Waals surface area contributed by atoms with E-state index in [9.17, 15) is 30.8 Å². The number of amides is 1. The Morgan fingerprint density at radius 1 is 1.11 bits per heavy atom. The van der Waals surface area contributed by atoms with E-state index in [1.165, 1.54) is 34.6 Å². The van der Waals surface area contributed by atoms with Crippen LogP contribution in [0, 0.1) is 11.6 Å². The van der Waals surface area contributed by atoms with E-state index < -0.39 is 57.3 Å². The molecule has 14 heteroatoms. The van der Waals surface area contributed by atoms with Crippen LogP contribution in [0.4, 0.5) is 27.6 Å². The van der Waals surface area contributed by atoms with Gasteiger partial charge < -0.3 is 16.4 Å². The van der Waals surface area contributed by atoms with E-state index in [0.29, 0.717) is 37.7 Å². The summed E-state index contributed by atoms with van der Waals surface area (Å²) >= 11 is 0. The second kappa shape index (κ2) is 12.9. The first-order valence-electron chi connectivity index (χ1n) is 14.2. The van der Waals surface area contributed by atoms with Crippen molar-refractivity contribution in [3.63, 3.8) is 0 Å². The van der Waals surface area contributed by atoms with Gasteiger partial charge in [0.2, 0.25) is 15.9 Å². The maximum atomic E-state index is 15.1. The molecule has 0 saturated carbocycles. The maximum absolute atomic E-state index is 15.1. The number of carbonyl (C=O) groups excluding carboxylic acids is 1. The quantitative estimate of drug-likeness (QED) is 0.319. The van der Waals surface area contributed by atoms with Gasteiger partial charge >= 0.3 is 6.18 Å². The van der Waals surface area contributed by atoms with Crippen molar-refractivity contribution >= 4 is 21.6 Å². The van der Waals surface area contributed by atoms with E-state index in [1.807, 2.05) is 0 Å². The average Bonchev–Trinajstić information content (AvgIpc) is 3.09. The predicted octanol–water partition coefficient (Wildman–Crippen LogP) is 4.18. The molecule has 3 heterocycles. The molecule has 4 N–H and O–H groups in total. The number of sulfonamides is 1. The van der Waals surface area contributed by atoms with E-state index in [0.717, 1.165) is 30.7 Å². The van der Waals surface area contributed by atoms with Gasteiger partial charge in [-0.05, 0) is 67.6 Å². The number of piperazine rings is 1. The molecule has 0 aliphatic carbocycles. The summed E-state index contributed by atoms with van der Waals surface area (Å²) in [6, 6.07) is 9.31. The van der Waals surface area contributed by atoms with E-state index in [2.05, 4.69) is 15.6 Å². The molecule has 2 aromatic carbocycles. The largest absolute Gasteiger partial charge is 0.417 e. The number of pyridine rings is 1. The van der Waals surface area contributed by atoms with Crippen LogP contribution in [0.15, 0.2) is 60.8 Å². The SMILES string of the molecule is NC(C(=O)Nc1cccc(F)c1CC[C@H]1CN[C@@H]2CCCS(=O)(=O)N1C2)C(c1ccc(F)cc1)c1ccc(C(F)(F)F)cn1. The molecule has 3 aromatic rings. The van der Waals surface area contributed by atoms with Crippen molar-refractivity contribution in [1.82, 2.24) is 14.6 Å². The van der Waals surface area contributed by atoms with Gasteiger partial charge in [-0.1, -0.05) is 18.2 Å². The van der Waals surface area contributed by atoms with Crippen LogP contribution >= 0.6 is 0 Å². The third-order valence-corrected chi connectivity index (χ3v) is 10.2. The molecule has 8 nitrogen and oxygen atoms in total. The molecular weight excluding hydrogens is 605 g/mol. The summed E-state index contributed by atoms with van der Waals surface area (Å²) in [6.07, 6.45) is -2.27. The lowest BCUT2D eigenvalue weighted by molar-refractivity contribution is -0.137. The zero-order valence-corrected chi connectivity index (χ0v) is 24.3. The molecule has 3 unspecified atom stereocenters. The molecule has 2 bridgehead atoms. The second-order valence-corrected chi connectivity index (χ2v) is 13.1. The Morgan fingerprint density at radius 2 is 1.86 bits per heavy atom. The minimum Gasteiger partial charge on any atom is -0.324 e. The van der Waals surface area contributed by atoms with E-state index in [1.54, 1.807) is 0 Å². The number of aromatic nitrogens is 1. The van der Waals surface area contributed by atoms with E-state index in [4.69, 9.17) is 5.73 Å². The summed E-state index contributed by atoms with van der Waals surface area (Å²) in [4.78, 5) is 17.4. The number of halogens is 5. The summed E-state index contributed by atoms with van der Waals surface area (Å²) in [6.45, 7) is 0.774. The van der Waals surface area contributed by atoms with Crippen molar-refractivity contribution in [2.45, 2.75) is 55.9 Å². The molecule has 5 atom stereocenters. The van der Waals surface area contributed by atoms with Crippen molar-refractivity contribution in [3.8, 4) is 0 Å². The summed E-state index contributed by atoms with van der Waals surface area (Å²) in [7, 11) is -3.45. The van der Waals surface area contributed by atoms with Crippen LogP contribution in [0.1, 0.15) is 47.6 Å². The first-order chi connectivity index (χ1) is 20.8. The number of benzene rings is 2. The smallest absolute Gasteiger partial charge is 0.324 e. The Bertz CT molecular complexity index is 1590. The fraction of sp³-hybridized carbons (Fsp3) is 0.400. The molecule has 2 aliphatic rings.